The first-order valence-electron chi connectivity index (χ1n) is 14.1. The minimum absolute atomic E-state index is 0.550. The van der Waals surface area contributed by atoms with Crippen LogP contribution in [0.5, 0.6) is 0 Å². The van der Waals surface area contributed by atoms with Crippen molar-refractivity contribution in [3.63, 3.8) is 0 Å². The van der Waals surface area contributed by atoms with Crippen LogP contribution in [0, 0.1) is 0 Å². The molecule has 0 aliphatic carbocycles. The van der Waals surface area contributed by atoms with Crippen molar-refractivity contribution in [3.8, 4) is 28.7 Å². The zero-order valence-corrected chi connectivity index (χ0v) is 23.0. The predicted octanol–water partition coefficient (Wildman–Crippen LogP) is 8.42. The number of aromatic nitrogens is 6. The van der Waals surface area contributed by atoms with E-state index in [0.717, 1.165) is 38.8 Å². The summed E-state index contributed by atoms with van der Waals surface area (Å²) in [5, 5.41) is 3.28. The Morgan fingerprint density at radius 3 is 1.53 bits per heavy atom. The summed E-state index contributed by atoms with van der Waals surface area (Å²) in [7, 11) is 0. The molecule has 0 atom stereocenters. The van der Waals surface area contributed by atoms with Crippen molar-refractivity contribution in [2.45, 2.75) is 0 Å². The molecule has 6 heteroatoms. The Bertz CT molecular complexity index is 2180. The predicted molar refractivity (Wildman–Crippen MR) is 174 cm³/mol. The van der Waals surface area contributed by atoms with Gasteiger partial charge in [-0.15, -0.1) is 0 Å². The lowest BCUT2D eigenvalue weighted by Crippen LogP contribution is -2.03. The van der Waals surface area contributed by atoms with E-state index in [-0.39, 0.29) is 0 Å². The summed E-state index contributed by atoms with van der Waals surface area (Å²) in [6.45, 7) is 0. The second-order valence-electron chi connectivity index (χ2n) is 10.2. The molecule has 0 aliphatic heterocycles. The van der Waals surface area contributed by atoms with Crippen LogP contribution in [0.4, 0.5) is 0 Å². The number of hydrogen-bond donors (Lipinski definition) is 0. The molecule has 0 fully saturated rings. The maximum Gasteiger partial charge on any atom is 0.235 e. The van der Waals surface area contributed by atoms with Gasteiger partial charge in [-0.3, -0.25) is 4.57 Å². The highest BCUT2D eigenvalue weighted by Crippen LogP contribution is 2.32. The number of fused-ring (bicyclic) bond motifs is 4. The molecular weight excluding hydrogens is 528 g/mol. The molecule has 5 aromatic carbocycles. The van der Waals surface area contributed by atoms with Crippen LogP contribution in [-0.4, -0.2) is 29.5 Å². The molecule has 3 aromatic heterocycles. The van der Waals surface area contributed by atoms with Gasteiger partial charge in [-0.25, -0.2) is 24.9 Å². The smallest absolute Gasteiger partial charge is 0.235 e. The molecule has 0 radical (unpaired) electrons. The first kappa shape index (κ1) is 24.8. The molecule has 202 valence electrons. The Labute approximate surface area is 247 Å². The zero-order chi connectivity index (χ0) is 28.6. The SMILES string of the molecule is C(=C\c1nc(-n2c3ccccc3c3ccccc32)nc2ccccc12)/c1nc(-c2ccccc2)nc(-c2ccccc2)n1. The van der Waals surface area contributed by atoms with E-state index in [1.54, 1.807) is 0 Å². The van der Waals surface area contributed by atoms with Crippen molar-refractivity contribution in [3.05, 3.63) is 145 Å². The third-order valence-corrected chi connectivity index (χ3v) is 7.51. The minimum atomic E-state index is 0.550. The van der Waals surface area contributed by atoms with Gasteiger partial charge in [-0.1, -0.05) is 115 Å². The molecule has 0 spiro atoms. The average Bonchev–Trinajstić information content (AvgIpc) is 3.42. The monoisotopic (exact) mass is 552 g/mol. The van der Waals surface area contributed by atoms with Gasteiger partial charge in [0.05, 0.1) is 22.2 Å². The zero-order valence-electron chi connectivity index (χ0n) is 23.0. The van der Waals surface area contributed by atoms with Gasteiger partial charge in [-0.05, 0) is 30.4 Å². The Balaban J connectivity index is 1.30. The quantitative estimate of drug-likeness (QED) is 0.214. The van der Waals surface area contributed by atoms with Gasteiger partial charge in [0.1, 0.15) is 0 Å². The summed E-state index contributed by atoms with van der Waals surface area (Å²) >= 11 is 0. The molecule has 43 heavy (non-hydrogen) atoms. The van der Waals surface area contributed by atoms with E-state index in [2.05, 4.69) is 53.1 Å². The van der Waals surface area contributed by atoms with Gasteiger partial charge in [0, 0.05) is 27.3 Å². The largest absolute Gasteiger partial charge is 0.278 e. The van der Waals surface area contributed by atoms with Crippen LogP contribution in [0.15, 0.2) is 133 Å². The highest BCUT2D eigenvalue weighted by molar-refractivity contribution is 6.09. The topological polar surface area (TPSA) is 69.4 Å². The lowest BCUT2D eigenvalue weighted by atomic mass is 10.1. The number of para-hydroxylation sites is 3. The molecule has 0 N–H and O–H groups in total. The normalized spacial score (nSPS) is 11.6. The van der Waals surface area contributed by atoms with Crippen LogP contribution < -0.4 is 0 Å². The third-order valence-electron chi connectivity index (χ3n) is 7.51. The molecule has 3 heterocycles. The Kier molecular flexibility index (Phi) is 6.01. The fraction of sp³-hybridized carbons (Fsp3) is 0. The Morgan fingerprint density at radius 1 is 0.419 bits per heavy atom. The molecular formula is C37H24N6. The van der Waals surface area contributed by atoms with Gasteiger partial charge in [-0.2, -0.15) is 0 Å². The number of nitrogens with zero attached hydrogens (tertiary/aromatic N) is 6. The van der Waals surface area contributed by atoms with E-state index in [9.17, 15) is 0 Å². The first-order chi connectivity index (χ1) is 21.3. The number of hydrogen-bond acceptors (Lipinski definition) is 5. The summed E-state index contributed by atoms with van der Waals surface area (Å²) in [6.07, 6.45) is 3.88. The van der Waals surface area contributed by atoms with Crippen molar-refractivity contribution in [2.75, 3.05) is 0 Å². The van der Waals surface area contributed by atoms with Crippen molar-refractivity contribution in [2.24, 2.45) is 0 Å². The first-order valence-corrected chi connectivity index (χ1v) is 14.1. The van der Waals surface area contributed by atoms with E-state index < -0.39 is 0 Å². The fourth-order valence-corrected chi connectivity index (χ4v) is 5.51. The summed E-state index contributed by atoms with van der Waals surface area (Å²) in [4.78, 5) is 24.6. The van der Waals surface area contributed by atoms with Gasteiger partial charge in [0.15, 0.2) is 17.5 Å². The lowest BCUT2D eigenvalue weighted by molar-refractivity contribution is 1.00. The summed E-state index contributed by atoms with van der Waals surface area (Å²) in [5.41, 5.74) is 5.62. The fourth-order valence-electron chi connectivity index (χ4n) is 5.51. The maximum atomic E-state index is 5.11. The Hall–Kier alpha value is -6.01. The van der Waals surface area contributed by atoms with E-state index in [1.807, 2.05) is 97.1 Å². The van der Waals surface area contributed by atoms with Crippen LogP contribution in [0.3, 0.4) is 0 Å². The summed E-state index contributed by atoms with van der Waals surface area (Å²) < 4.78 is 2.14. The standard InChI is InChI=1S/C37H24N6/c1-3-13-25(14-4-1)35-40-34(41-36(42-35)26-15-5-2-6-16-26)24-23-31-29-19-7-10-20-30(29)38-37(39-31)43-32-21-11-8-17-27(32)28-18-9-12-22-33(28)43/h1-24H/b24-23+. The molecule has 8 rings (SSSR count). The average molecular weight is 553 g/mol. The van der Waals surface area contributed by atoms with Gasteiger partial charge in [0.25, 0.3) is 0 Å². The van der Waals surface area contributed by atoms with E-state index in [0.29, 0.717) is 23.4 Å². The van der Waals surface area contributed by atoms with Crippen LogP contribution in [0.2, 0.25) is 0 Å². The molecule has 6 nitrogen and oxygen atoms in total. The molecule has 0 amide bonds. The van der Waals surface area contributed by atoms with Crippen LogP contribution >= 0.6 is 0 Å². The van der Waals surface area contributed by atoms with E-state index >= 15 is 0 Å². The highest BCUT2D eigenvalue weighted by atomic mass is 15.2. The van der Waals surface area contributed by atoms with Crippen molar-refractivity contribution in [1.82, 2.24) is 29.5 Å². The second kappa shape index (κ2) is 10.4. The van der Waals surface area contributed by atoms with Crippen molar-refractivity contribution >= 4 is 44.9 Å². The van der Waals surface area contributed by atoms with E-state index in [1.165, 1.54) is 10.8 Å². The summed E-state index contributed by atoms with van der Waals surface area (Å²) in [6, 6.07) is 44.8. The van der Waals surface area contributed by atoms with E-state index in [4.69, 9.17) is 24.9 Å². The molecule has 0 aliphatic rings. The molecule has 0 bridgehead atoms. The minimum Gasteiger partial charge on any atom is -0.278 e. The van der Waals surface area contributed by atoms with Crippen molar-refractivity contribution in [1.29, 1.82) is 0 Å². The second-order valence-corrected chi connectivity index (χ2v) is 10.2. The highest BCUT2D eigenvalue weighted by Gasteiger charge is 2.15. The maximum absolute atomic E-state index is 5.11. The van der Waals surface area contributed by atoms with Gasteiger partial charge < -0.3 is 0 Å². The molecule has 8 aromatic rings. The number of benzene rings is 5. The number of rotatable bonds is 5. The van der Waals surface area contributed by atoms with Crippen LogP contribution in [0.25, 0.3) is 73.6 Å². The van der Waals surface area contributed by atoms with Crippen LogP contribution in [-0.2, 0) is 0 Å². The summed E-state index contributed by atoms with van der Waals surface area (Å²) in [5.74, 6) is 2.40. The molecule has 0 saturated heterocycles. The third kappa shape index (κ3) is 4.51. The van der Waals surface area contributed by atoms with Crippen LogP contribution in [0.1, 0.15) is 11.5 Å². The van der Waals surface area contributed by atoms with Gasteiger partial charge >= 0.3 is 0 Å². The van der Waals surface area contributed by atoms with Gasteiger partial charge in [0.2, 0.25) is 5.95 Å². The molecule has 0 saturated carbocycles. The lowest BCUT2D eigenvalue weighted by Gasteiger charge is -2.10. The molecule has 0 unspecified atom stereocenters. The Morgan fingerprint density at radius 2 is 0.930 bits per heavy atom. The van der Waals surface area contributed by atoms with Crippen molar-refractivity contribution < 1.29 is 0 Å².